The fourth-order valence-electron chi connectivity index (χ4n) is 4.12. The molecule has 0 aliphatic carbocycles. The standard InChI is InChI=1S/C18H23Cl2N5O4/c1-9-6-25(10(2)5-21-9)16-12-14(13(19)15(20)22-16)29-8-11-7-23(18(27)28)3-4-24(11)17(12)26/h9-11,21H,3-8H2,1-2H3,(H,27,28)/t9?,10?,11-/m1/s1. The Labute approximate surface area is 178 Å². The minimum absolute atomic E-state index is 0.0821. The summed E-state index contributed by atoms with van der Waals surface area (Å²) in [5.74, 6) is 0.426. The maximum absolute atomic E-state index is 13.6. The van der Waals surface area contributed by atoms with Gasteiger partial charge in [-0.1, -0.05) is 23.2 Å². The molecule has 4 heterocycles. The zero-order chi connectivity index (χ0) is 20.9. The lowest BCUT2D eigenvalue weighted by atomic mass is 10.1. The van der Waals surface area contributed by atoms with E-state index in [1.165, 1.54) is 4.90 Å². The number of pyridine rings is 1. The van der Waals surface area contributed by atoms with Crippen LogP contribution >= 0.6 is 23.2 Å². The topological polar surface area (TPSA) is 98.2 Å². The molecule has 3 atom stereocenters. The van der Waals surface area contributed by atoms with Crippen molar-refractivity contribution in [1.82, 2.24) is 20.1 Å². The van der Waals surface area contributed by atoms with E-state index in [1.54, 1.807) is 4.90 Å². The van der Waals surface area contributed by atoms with Crippen LogP contribution in [0.1, 0.15) is 24.2 Å². The summed E-state index contributed by atoms with van der Waals surface area (Å²) in [5, 5.41) is 12.9. The number of carboxylic acid groups (broad SMARTS) is 1. The minimum atomic E-state index is -1.01. The molecule has 1 aromatic rings. The lowest BCUT2D eigenvalue weighted by Crippen LogP contribution is -2.58. The lowest BCUT2D eigenvalue weighted by molar-refractivity contribution is 0.0390. The molecule has 0 aromatic carbocycles. The molecule has 2 N–H and O–H groups in total. The van der Waals surface area contributed by atoms with Gasteiger partial charge in [0.25, 0.3) is 5.91 Å². The molecule has 0 radical (unpaired) electrons. The number of nitrogens with one attached hydrogen (secondary N) is 1. The fraction of sp³-hybridized carbons (Fsp3) is 0.611. The number of rotatable bonds is 1. The van der Waals surface area contributed by atoms with E-state index in [-0.39, 0.29) is 60.2 Å². The Balaban J connectivity index is 1.77. The van der Waals surface area contributed by atoms with Crippen LogP contribution < -0.4 is 15.0 Å². The van der Waals surface area contributed by atoms with Crippen LogP contribution in [0.3, 0.4) is 0 Å². The van der Waals surface area contributed by atoms with E-state index >= 15 is 0 Å². The first-order valence-electron chi connectivity index (χ1n) is 9.58. The van der Waals surface area contributed by atoms with Crippen LogP contribution in [0.5, 0.6) is 5.75 Å². The Morgan fingerprint density at radius 1 is 1.24 bits per heavy atom. The zero-order valence-electron chi connectivity index (χ0n) is 16.2. The smallest absolute Gasteiger partial charge is 0.407 e. The molecule has 1 aromatic heterocycles. The van der Waals surface area contributed by atoms with E-state index in [0.717, 1.165) is 6.54 Å². The molecular formula is C18H23Cl2N5O4. The van der Waals surface area contributed by atoms with Crippen molar-refractivity contribution in [2.24, 2.45) is 0 Å². The van der Waals surface area contributed by atoms with Gasteiger partial charge >= 0.3 is 6.09 Å². The van der Waals surface area contributed by atoms with Crippen molar-refractivity contribution in [1.29, 1.82) is 0 Å². The van der Waals surface area contributed by atoms with Crippen molar-refractivity contribution in [3.05, 3.63) is 15.7 Å². The van der Waals surface area contributed by atoms with Gasteiger partial charge < -0.3 is 29.9 Å². The molecule has 2 saturated heterocycles. The Morgan fingerprint density at radius 3 is 2.72 bits per heavy atom. The minimum Gasteiger partial charge on any atom is -0.489 e. The predicted octanol–water partition coefficient (Wildman–Crippen LogP) is 1.77. The van der Waals surface area contributed by atoms with Gasteiger partial charge in [-0.25, -0.2) is 9.78 Å². The first-order chi connectivity index (χ1) is 13.8. The van der Waals surface area contributed by atoms with Gasteiger partial charge in [0.1, 0.15) is 23.0 Å². The SMILES string of the molecule is CC1CN(c2nc(Cl)c(Cl)c3c2C(=O)N2CCN(C(=O)O)C[C@@H]2CO3)C(C)CN1. The number of carbonyl (C=O) groups is 2. The first kappa shape index (κ1) is 20.3. The molecule has 29 heavy (non-hydrogen) atoms. The monoisotopic (exact) mass is 443 g/mol. The van der Waals surface area contributed by atoms with Gasteiger partial charge in [0, 0.05) is 44.8 Å². The Morgan fingerprint density at radius 2 is 2.00 bits per heavy atom. The molecule has 0 saturated carbocycles. The van der Waals surface area contributed by atoms with Gasteiger partial charge in [-0.15, -0.1) is 0 Å². The van der Waals surface area contributed by atoms with Crippen LogP contribution in [-0.4, -0.2) is 89.3 Å². The van der Waals surface area contributed by atoms with Crippen LogP contribution in [0.4, 0.5) is 10.6 Å². The third-order valence-corrected chi connectivity index (χ3v) is 6.44. The van der Waals surface area contributed by atoms with Crippen molar-refractivity contribution >= 4 is 41.0 Å². The van der Waals surface area contributed by atoms with Gasteiger partial charge in [-0.2, -0.15) is 0 Å². The van der Waals surface area contributed by atoms with Crippen molar-refractivity contribution in [2.75, 3.05) is 44.2 Å². The maximum atomic E-state index is 13.6. The van der Waals surface area contributed by atoms with E-state index < -0.39 is 12.1 Å². The normalized spacial score (nSPS) is 27.1. The molecule has 0 spiro atoms. The van der Waals surface area contributed by atoms with Crippen molar-refractivity contribution in [2.45, 2.75) is 32.0 Å². The molecule has 3 aliphatic rings. The zero-order valence-corrected chi connectivity index (χ0v) is 17.7. The second-order valence-corrected chi connectivity index (χ2v) is 8.48. The quantitative estimate of drug-likeness (QED) is 0.638. The summed E-state index contributed by atoms with van der Waals surface area (Å²) >= 11 is 12.7. The number of hydrogen-bond acceptors (Lipinski definition) is 6. The largest absolute Gasteiger partial charge is 0.489 e. The number of carbonyl (C=O) groups excluding carboxylic acids is 1. The van der Waals surface area contributed by atoms with E-state index in [4.69, 9.17) is 27.9 Å². The molecule has 4 rings (SSSR count). The summed E-state index contributed by atoms with van der Waals surface area (Å²) in [6.45, 7) is 6.36. The first-order valence-corrected chi connectivity index (χ1v) is 10.3. The summed E-state index contributed by atoms with van der Waals surface area (Å²) in [5.41, 5.74) is 0.298. The molecule has 3 aliphatic heterocycles. The van der Waals surface area contributed by atoms with Crippen LogP contribution in [0.15, 0.2) is 0 Å². The molecule has 2 amide bonds. The number of aromatic nitrogens is 1. The van der Waals surface area contributed by atoms with Gasteiger partial charge in [-0.05, 0) is 13.8 Å². The molecule has 2 fully saturated rings. The number of hydrogen-bond donors (Lipinski definition) is 2. The number of halogens is 2. The summed E-state index contributed by atoms with van der Waals surface area (Å²) < 4.78 is 5.94. The van der Waals surface area contributed by atoms with Crippen molar-refractivity contribution in [3.8, 4) is 5.75 Å². The highest BCUT2D eigenvalue weighted by Crippen LogP contribution is 2.42. The summed E-state index contributed by atoms with van der Waals surface area (Å²) in [6, 6.07) is -0.0932. The average molecular weight is 444 g/mol. The Bertz CT molecular complexity index is 854. The number of piperazine rings is 2. The Hall–Kier alpha value is -1.97. The highest BCUT2D eigenvalue weighted by atomic mass is 35.5. The summed E-state index contributed by atoms with van der Waals surface area (Å²) in [4.78, 5) is 34.4. The van der Waals surface area contributed by atoms with Crippen LogP contribution in [-0.2, 0) is 0 Å². The van der Waals surface area contributed by atoms with E-state index in [2.05, 4.69) is 22.1 Å². The second kappa shape index (κ2) is 7.70. The highest BCUT2D eigenvalue weighted by Gasteiger charge is 2.41. The van der Waals surface area contributed by atoms with Gasteiger partial charge in [0.2, 0.25) is 0 Å². The molecule has 0 bridgehead atoms. The van der Waals surface area contributed by atoms with Crippen LogP contribution in [0.25, 0.3) is 0 Å². The highest BCUT2D eigenvalue weighted by molar-refractivity contribution is 6.42. The van der Waals surface area contributed by atoms with Gasteiger partial charge in [0.05, 0.1) is 6.04 Å². The van der Waals surface area contributed by atoms with Gasteiger partial charge in [0.15, 0.2) is 10.9 Å². The van der Waals surface area contributed by atoms with E-state index in [0.29, 0.717) is 17.9 Å². The molecule has 2 unspecified atom stereocenters. The van der Waals surface area contributed by atoms with Crippen LogP contribution in [0, 0.1) is 0 Å². The van der Waals surface area contributed by atoms with Crippen LogP contribution in [0.2, 0.25) is 10.2 Å². The molecular weight excluding hydrogens is 421 g/mol. The predicted molar refractivity (Wildman–Crippen MR) is 108 cm³/mol. The molecule has 158 valence electrons. The molecule has 9 nitrogen and oxygen atoms in total. The number of anilines is 1. The average Bonchev–Trinajstić information content (AvgIpc) is 2.83. The number of nitrogens with zero attached hydrogens (tertiary/aromatic N) is 4. The number of ether oxygens (including phenoxy) is 1. The summed E-state index contributed by atoms with van der Waals surface area (Å²) in [6.07, 6.45) is -1.01. The van der Waals surface area contributed by atoms with E-state index in [1.807, 2.05) is 6.92 Å². The van der Waals surface area contributed by atoms with Crippen molar-refractivity contribution < 1.29 is 19.4 Å². The number of fused-ring (bicyclic) bond motifs is 2. The fourth-order valence-corrected chi connectivity index (χ4v) is 4.48. The lowest BCUT2D eigenvalue weighted by Gasteiger charge is -2.40. The molecule has 11 heteroatoms. The third-order valence-electron chi connectivity index (χ3n) is 5.72. The second-order valence-electron chi connectivity index (χ2n) is 7.75. The van der Waals surface area contributed by atoms with E-state index in [9.17, 15) is 14.7 Å². The van der Waals surface area contributed by atoms with Crippen molar-refractivity contribution in [3.63, 3.8) is 0 Å². The summed E-state index contributed by atoms with van der Waals surface area (Å²) in [7, 11) is 0. The Kier molecular flexibility index (Phi) is 5.39. The number of amides is 2. The third kappa shape index (κ3) is 3.55. The maximum Gasteiger partial charge on any atom is 0.407 e. The van der Waals surface area contributed by atoms with Gasteiger partial charge in [-0.3, -0.25) is 4.79 Å².